The van der Waals surface area contributed by atoms with Crippen LogP contribution in [0.4, 0.5) is 0 Å². The molecular weight excluding hydrogens is 322 g/mol. The number of halogens is 1. The van der Waals surface area contributed by atoms with Crippen LogP contribution in [-0.4, -0.2) is 28.0 Å². The van der Waals surface area contributed by atoms with Gasteiger partial charge in [0.1, 0.15) is 11.5 Å². The molecule has 0 atom stereocenters. The Labute approximate surface area is 136 Å². The smallest absolute Gasteiger partial charge is 0.256 e. The molecule has 0 saturated heterocycles. The topological polar surface area (TPSA) is 62.1 Å². The average Bonchev–Trinajstić information content (AvgIpc) is 3.18. The SMILES string of the molecule is Cc1cc(CN(C)C(=O)c2c[nH]cc2-c2ccc(Cl)s2)no1. The van der Waals surface area contributed by atoms with Crippen molar-refractivity contribution in [1.82, 2.24) is 15.0 Å². The molecule has 0 aliphatic heterocycles. The maximum Gasteiger partial charge on any atom is 0.256 e. The third-order valence-corrected chi connectivity index (χ3v) is 4.50. The van der Waals surface area contributed by atoms with Gasteiger partial charge in [-0.2, -0.15) is 0 Å². The normalized spacial score (nSPS) is 10.9. The molecule has 0 spiro atoms. The monoisotopic (exact) mass is 335 g/mol. The molecule has 7 heteroatoms. The third kappa shape index (κ3) is 2.93. The first kappa shape index (κ1) is 14.9. The van der Waals surface area contributed by atoms with Crippen molar-refractivity contribution in [3.05, 3.63) is 51.9 Å². The standard InChI is InChI=1S/C15H14ClN3O2S/c1-9-5-10(18-21-9)8-19(2)15(20)12-7-17-6-11(12)13-3-4-14(16)22-13/h3-7,17H,8H2,1-2H3. The van der Waals surface area contributed by atoms with E-state index in [1.54, 1.807) is 18.1 Å². The third-order valence-electron chi connectivity index (χ3n) is 3.24. The van der Waals surface area contributed by atoms with Gasteiger partial charge in [0.05, 0.1) is 16.4 Å². The van der Waals surface area contributed by atoms with Gasteiger partial charge in [0, 0.05) is 35.9 Å². The van der Waals surface area contributed by atoms with Crippen molar-refractivity contribution in [2.24, 2.45) is 0 Å². The van der Waals surface area contributed by atoms with E-state index in [0.717, 1.165) is 21.9 Å². The van der Waals surface area contributed by atoms with Gasteiger partial charge in [-0.1, -0.05) is 16.8 Å². The molecule has 0 radical (unpaired) electrons. The summed E-state index contributed by atoms with van der Waals surface area (Å²) in [5.41, 5.74) is 2.19. The van der Waals surface area contributed by atoms with Crippen LogP contribution in [0.25, 0.3) is 10.4 Å². The van der Waals surface area contributed by atoms with Crippen molar-refractivity contribution in [3.63, 3.8) is 0 Å². The second-order valence-corrected chi connectivity index (χ2v) is 6.69. The molecule has 5 nitrogen and oxygen atoms in total. The van der Waals surface area contributed by atoms with Crippen LogP contribution in [0.15, 0.2) is 35.1 Å². The highest BCUT2D eigenvalue weighted by molar-refractivity contribution is 7.19. The number of amides is 1. The summed E-state index contributed by atoms with van der Waals surface area (Å²) in [5.74, 6) is 0.646. The second kappa shape index (κ2) is 5.98. The molecule has 1 N–H and O–H groups in total. The van der Waals surface area contributed by atoms with Crippen molar-refractivity contribution in [1.29, 1.82) is 0 Å². The zero-order valence-electron chi connectivity index (χ0n) is 12.1. The van der Waals surface area contributed by atoms with E-state index in [2.05, 4.69) is 10.1 Å². The Kier molecular flexibility index (Phi) is 4.04. The lowest BCUT2D eigenvalue weighted by Crippen LogP contribution is -2.26. The average molecular weight is 336 g/mol. The second-order valence-electron chi connectivity index (χ2n) is 4.98. The lowest BCUT2D eigenvalue weighted by Gasteiger charge is -2.15. The van der Waals surface area contributed by atoms with E-state index >= 15 is 0 Å². The van der Waals surface area contributed by atoms with E-state index in [9.17, 15) is 4.79 Å². The van der Waals surface area contributed by atoms with Gasteiger partial charge < -0.3 is 14.4 Å². The largest absolute Gasteiger partial charge is 0.366 e. The van der Waals surface area contributed by atoms with Crippen LogP contribution in [-0.2, 0) is 6.54 Å². The Balaban J connectivity index is 1.82. The number of aryl methyl sites for hydroxylation is 1. The molecule has 0 bridgehead atoms. The Hall–Kier alpha value is -2.05. The van der Waals surface area contributed by atoms with Crippen molar-refractivity contribution < 1.29 is 9.32 Å². The molecule has 3 aromatic heterocycles. The number of aromatic nitrogens is 2. The first-order chi connectivity index (χ1) is 10.5. The summed E-state index contributed by atoms with van der Waals surface area (Å²) in [6, 6.07) is 5.56. The van der Waals surface area contributed by atoms with Crippen LogP contribution in [0.5, 0.6) is 0 Å². The molecular formula is C15H14ClN3O2S. The van der Waals surface area contributed by atoms with E-state index < -0.39 is 0 Å². The summed E-state index contributed by atoms with van der Waals surface area (Å²) in [4.78, 5) is 18.2. The minimum atomic E-state index is -0.0820. The van der Waals surface area contributed by atoms with E-state index in [4.69, 9.17) is 16.1 Å². The summed E-state index contributed by atoms with van der Waals surface area (Å²) in [5, 5.41) is 3.91. The first-order valence-corrected chi connectivity index (χ1v) is 7.84. The Morgan fingerprint density at radius 1 is 1.45 bits per heavy atom. The van der Waals surface area contributed by atoms with Gasteiger partial charge in [-0.25, -0.2) is 0 Å². The van der Waals surface area contributed by atoms with Crippen molar-refractivity contribution >= 4 is 28.8 Å². The number of aromatic amines is 1. The van der Waals surface area contributed by atoms with Gasteiger partial charge in [0.15, 0.2) is 0 Å². The fourth-order valence-corrected chi connectivity index (χ4v) is 3.29. The van der Waals surface area contributed by atoms with E-state index in [1.165, 1.54) is 11.3 Å². The fourth-order valence-electron chi connectivity index (χ4n) is 2.22. The molecule has 0 aromatic carbocycles. The van der Waals surface area contributed by atoms with Crippen molar-refractivity contribution in [2.45, 2.75) is 13.5 Å². The summed E-state index contributed by atoms with van der Waals surface area (Å²) >= 11 is 7.42. The molecule has 0 fully saturated rings. The predicted molar refractivity (Wildman–Crippen MR) is 86.2 cm³/mol. The number of rotatable bonds is 4. The summed E-state index contributed by atoms with van der Waals surface area (Å²) in [7, 11) is 1.74. The van der Waals surface area contributed by atoms with E-state index in [1.807, 2.05) is 31.3 Å². The molecule has 3 heterocycles. The zero-order chi connectivity index (χ0) is 15.7. The summed E-state index contributed by atoms with van der Waals surface area (Å²) in [6.45, 7) is 2.22. The molecule has 22 heavy (non-hydrogen) atoms. The molecule has 0 unspecified atom stereocenters. The molecule has 0 aliphatic rings. The lowest BCUT2D eigenvalue weighted by atomic mass is 10.1. The molecule has 0 aliphatic carbocycles. The van der Waals surface area contributed by atoms with Crippen LogP contribution in [0.3, 0.4) is 0 Å². The minimum Gasteiger partial charge on any atom is -0.366 e. The lowest BCUT2D eigenvalue weighted by molar-refractivity contribution is 0.0783. The zero-order valence-corrected chi connectivity index (χ0v) is 13.7. The number of nitrogens with zero attached hydrogens (tertiary/aromatic N) is 2. The number of hydrogen-bond donors (Lipinski definition) is 1. The minimum absolute atomic E-state index is 0.0820. The number of thiophene rings is 1. The highest BCUT2D eigenvalue weighted by Crippen LogP contribution is 2.33. The Bertz CT molecular complexity index is 805. The van der Waals surface area contributed by atoms with Gasteiger partial charge in [-0.15, -0.1) is 11.3 Å². The maximum atomic E-state index is 12.6. The fraction of sp³-hybridized carbons (Fsp3) is 0.200. The Morgan fingerprint density at radius 3 is 2.91 bits per heavy atom. The van der Waals surface area contributed by atoms with Crippen LogP contribution in [0.1, 0.15) is 21.8 Å². The highest BCUT2D eigenvalue weighted by Gasteiger charge is 2.19. The van der Waals surface area contributed by atoms with Crippen molar-refractivity contribution in [3.8, 4) is 10.4 Å². The van der Waals surface area contributed by atoms with Gasteiger partial charge in [0.25, 0.3) is 5.91 Å². The molecule has 3 rings (SSSR count). The van der Waals surface area contributed by atoms with Gasteiger partial charge in [0.2, 0.25) is 0 Å². The summed E-state index contributed by atoms with van der Waals surface area (Å²) < 4.78 is 5.72. The van der Waals surface area contributed by atoms with Crippen molar-refractivity contribution in [2.75, 3.05) is 7.05 Å². The van der Waals surface area contributed by atoms with Gasteiger partial charge >= 0.3 is 0 Å². The predicted octanol–water partition coefficient (Wildman–Crippen LogP) is 3.97. The van der Waals surface area contributed by atoms with Crippen LogP contribution < -0.4 is 0 Å². The summed E-state index contributed by atoms with van der Waals surface area (Å²) in [6.07, 6.45) is 3.51. The highest BCUT2D eigenvalue weighted by atomic mass is 35.5. The molecule has 3 aromatic rings. The number of carbonyl (C=O) groups is 1. The quantitative estimate of drug-likeness (QED) is 0.784. The van der Waals surface area contributed by atoms with Crippen LogP contribution in [0.2, 0.25) is 4.34 Å². The maximum absolute atomic E-state index is 12.6. The van der Waals surface area contributed by atoms with Crippen LogP contribution >= 0.6 is 22.9 Å². The van der Waals surface area contributed by atoms with Gasteiger partial charge in [-0.3, -0.25) is 4.79 Å². The Morgan fingerprint density at radius 2 is 2.27 bits per heavy atom. The molecule has 0 saturated carbocycles. The molecule has 1 amide bonds. The number of hydrogen-bond acceptors (Lipinski definition) is 4. The number of H-pyrrole nitrogens is 1. The number of nitrogens with one attached hydrogen (secondary N) is 1. The van der Waals surface area contributed by atoms with Gasteiger partial charge in [-0.05, 0) is 19.1 Å². The van der Waals surface area contributed by atoms with E-state index in [-0.39, 0.29) is 5.91 Å². The van der Waals surface area contributed by atoms with Crippen LogP contribution in [0, 0.1) is 6.92 Å². The first-order valence-electron chi connectivity index (χ1n) is 6.64. The molecule has 114 valence electrons. The van der Waals surface area contributed by atoms with E-state index in [0.29, 0.717) is 16.4 Å². The number of carbonyl (C=O) groups excluding carboxylic acids is 1.